The van der Waals surface area contributed by atoms with Crippen LogP contribution < -0.4 is 14.4 Å². The topological polar surface area (TPSA) is 67.8 Å². The summed E-state index contributed by atoms with van der Waals surface area (Å²) < 4.78 is 11.0. The molecule has 0 radical (unpaired) electrons. The van der Waals surface area contributed by atoms with Crippen LogP contribution in [0.1, 0.15) is 11.1 Å². The largest absolute Gasteiger partial charge is 0.497 e. The molecular weight excluding hydrogens is 404 g/mol. The third-order valence-corrected chi connectivity index (χ3v) is 5.65. The van der Waals surface area contributed by atoms with Crippen molar-refractivity contribution in [2.45, 2.75) is 13.8 Å². The van der Waals surface area contributed by atoms with Crippen molar-refractivity contribution in [1.82, 2.24) is 15.1 Å². The van der Waals surface area contributed by atoms with Gasteiger partial charge in [-0.25, -0.2) is 0 Å². The van der Waals surface area contributed by atoms with E-state index in [0.29, 0.717) is 26.2 Å². The van der Waals surface area contributed by atoms with Crippen molar-refractivity contribution in [3.8, 4) is 22.8 Å². The fourth-order valence-electron chi connectivity index (χ4n) is 3.81. The number of carbonyl (C=O) groups excluding carboxylic acids is 1. The lowest BCUT2D eigenvalue weighted by atomic mass is 10.1. The van der Waals surface area contributed by atoms with Crippen molar-refractivity contribution in [3.05, 3.63) is 65.7 Å². The highest BCUT2D eigenvalue weighted by Crippen LogP contribution is 2.23. The number of rotatable bonds is 6. The van der Waals surface area contributed by atoms with Crippen molar-refractivity contribution in [2.75, 3.05) is 44.8 Å². The van der Waals surface area contributed by atoms with Crippen LogP contribution >= 0.6 is 0 Å². The summed E-state index contributed by atoms with van der Waals surface area (Å²) in [5.74, 6) is 2.36. The summed E-state index contributed by atoms with van der Waals surface area (Å²) >= 11 is 0. The molecule has 0 N–H and O–H groups in total. The molecule has 3 aromatic rings. The summed E-state index contributed by atoms with van der Waals surface area (Å²) in [7, 11) is 1.65. The Bertz CT molecular complexity index is 1080. The number of piperazine rings is 1. The second kappa shape index (κ2) is 9.68. The van der Waals surface area contributed by atoms with Crippen LogP contribution in [0.4, 0.5) is 5.82 Å². The normalized spacial score (nSPS) is 13.7. The van der Waals surface area contributed by atoms with E-state index in [1.807, 2.05) is 67.3 Å². The molecule has 1 aliphatic rings. The van der Waals surface area contributed by atoms with Gasteiger partial charge in [0.05, 0.1) is 12.8 Å². The van der Waals surface area contributed by atoms with E-state index in [-0.39, 0.29) is 12.5 Å². The summed E-state index contributed by atoms with van der Waals surface area (Å²) in [6, 6.07) is 17.7. The molecule has 0 unspecified atom stereocenters. The first kappa shape index (κ1) is 21.6. The minimum absolute atomic E-state index is 0.00378. The molecular formula is C25H28N4O3. The van der Waals surface area contributed by atoms with Crippen LogP contribution in [0.2, 0.25) is 0 Å². The maximum atomic E-state index is 12.6. The molecule has 0 saturated carbocycles. The number of aryl methyl sites for hydroxylation is 2. The van der Waals surface area contributed by atoms with E-state index in [1.54, 1.807) is 7.11 Å². The molecule has 32 heavy (non-hydrogen) atoms. The summed E-state index contributed by atoms with van der Waals surface area (Å²) in [6.45, 7) is 6.77. The van der Waals surface area contributed by atoms with E-state index in [4.69, 9.17) is 9.47 Å². The summed E-state index contributed by atoms with van der Waals surface area (Å²) in [5, 5.41) is 8.79. The van der Waals surface area contributed by atoms with E-state index in [9.17, 15) is 4.79 Å². The number of hydrogen-bond acceptors (Lipinski definition) is 6. The molecule has 0 spiro atoms. The highest BCUT2D eigenvalue weighted by Gasteiger charge is 2.22. The van der Waals surface area contributed by atoms with Crippen molar-refractivity contribution in [1.29, 1.82) is 0 Å². The molecule has 0 bridgehead atoms. The summed E-state index contributed by atoms with van der Waals surface area (Å²) in [4.78, 5) is 16.6. The lowest BCUT2D eigenvalue weighted by Crippen LogP contribution is -2.50. The Kier molecular flexibility index (Phi) is 6.54. The highest BCUT2D eigenvalue weighted by molar-refractivity contribution is 5.78. The predicted octanol–water partition coefficient (Wildman–Crippen LogP) is 3.50. The second-order valence-corrected chi connectivity index (χ2v) is 7.93. The zero-order valence-electron chi connectivity index (χ0n) is 18.7. The van der Waals surface area contributed by atoms with Gasteiger partial charge in [0.25, 0.3) is 5.91 Å². The quantitative estimate of drug-likeness (QED) is 0.594. The fourth-order valence-corrected chi connectivity index (χ4v) is 3.81. The van der Waals surface area contributed by atoms with E-state index in [2.05, 4.69) is 21.2 Å². The van der Waals surface area contributed by atoms with E-state index in [1.165, 1.54) is 5.56 Å². The third kappa shape index (κ3) is 4.99. The van der Waals surface area contributed by atoms with E-state index < -0.39 is 0 Å². The van der Waals surface area contributed by atoms with Gasteiger partial charge in [-0.1, -0.05) is 29.8 Å². The van der Waals surface area contributed by atoms with E-state index in [0.717, 1.165) is 34.1 Å². The molecule has 1 aromatic heterocycles. The number of carbonyl (C=O) groups is 1. The molecule has 1 amide bonds. The Morgan fingerprint density at radius 1 is 0.969 bits per heavy atom. The lowest BCUT2D eigenvalue weighted by Gasteiger charge is -2.35. The van der Waals surface area contributed by atoms with Crippen molar-refractivity contribution >= 4 is 11.7 Å². The zero-order valence-corrected chi connectivity index (χ0v) is 18.7. The van der Waals surface area contributed by atoms with Crippen LogP contribution in [0.5, 0.6) is 11.5 Å². The minimum Gasteiger partial charge on any atom is -0.497 e. The highest BCUT2D eigenvalue weighted by atomic mass is 16.5. The molecule has 7 heteroatoms. The van der Waals surface area contributed by atoms with Gasteiger partial charge in [0.2, 0.25) is 0 Å². The molecule has 7 nitrogen and oxygen atoms in total. The van der Waals surface area contributed by atoms with Gasteiger partial charge in [0.1, 0.15) is 11.5 Å². The molecule has 1 aliphatic heterocycles. The third-order valence-electron chi connectivity index (χ3n) is 5.65. The monoisotopic (exact) mass is 432 g/mol. The Balaban J connectivity index is 1.30. The average molecular weight is 433 g/mol. The van der Waals surface area contributed by atoms with Crippen molar-refractivity contribution in [3.63, 3.8) is 0 Å². The summed E-state index contributed by atoms with van der Waals surface area (Å²) in [5.41, 5.74) is 3.98. The number of nitrogens with zero attached hydrogens (tertiary/aromatic N) is 4. The maximum Gasteiger partial charge on any atom is 0.260 e. The van der Waals surface area contributed by atoms with Crippen LogP contribution in [0, 0.1) is 13.8 Å². The van der Waals surface area contributed by atoms with Crippen molar-refractivity contribution < 1.29 is 14.3 Å². The van der Waals surface area contributed by atoms with Crippen LogP contribution in [0.3, 0.4) is 0 Å². The number of hydrogen-bond donors (Lipinski definition) is 0. The molecule has 0 atom stereocenters. The Morgan fingerprint density at radius 3 is 2.47 bits per heavy atom. The van der Waals surface area contributed by atoms with Gasteiger partial charge in [-0.3, -0.25) is 4.79 Å². The number of anilines is 1. The first-order chi connectivity index (χ1) is 15.5. The van der Waals surface area contributed by atoms with Crippen LogP contribution in [-0.4, -0.2) is 60.9 Å². The lowest BCUT2D eigenvalue weighted by molar-refractivity contribution is -0.133. The number of benzene rings is 2. The molecule has 0 aliphatic carbocycles. The second-order valence-electron chi connectivity index (χ2n) is 7.93. The fraction of sp³-hybridized carbons (Fsp3) is 0.320. The zero-order chi connectivity index (χ0) is 22.5. The molecule has 4 rings (SSSR count). The van der Waals surface area contributed by atoms with Crippen molar-refractivity contribution in [2.24, 2.45) is 0 Å². The van der Waals surface area contributed by atoms with Crippen LogP contribution in [-0.2, 0) is 4.79 Å². The minimum atomic E-state index is 0.00378. The number of aromatic nitrogens is 2. The smallest absolute Gasteiger partial charge is 0.260 e. The Labute approximate surface area is 188 Å². The standard InChI is InChI=1S/C25H28N4O3/c1-18-7-9-23(19(2)15-18)32-17-25(30)29-13-11-28(12-14-29)24-10-8-22(26-27-24)20-5-4-6-21(16-20)31-3/h4-10,15-16H,11-14,17H2,1-3H3. The molecule has 2 heterocycles. The van der Waals surface area contributed by atoms with Gasteiger partial charge in [0, 0.05) is 31.7 Å². The van der Waals surface area contributed by atoms with Gasteiger partial charge in [0.15, 0.2) is 12.4 Å². The van der Waals surface area contributed by atoms with Gasteiger partial charge < -0.3 is 19.3 Å². The number of amides is 1. The Morgan fingerprint density at radius 2 is 1.78 bits per heavy atom. The van der Waals surface area contributed by atoms with Gasteiger partial charge in [-0.05, 0) is 49.7 Å². The molecule has 1 saturated heterocycles. The number of methoxy groups -OCH3 is 1. The Hall–Kier alpha value is -3.61. The molecule has 2 aromatic carbocycles. The summed E-state index contributed by atoms with van der Waals surface area (Å²) in [6.07, 6.45) is 0. The van der Waals surface area contributed by atoms with E-state index >= 15 is 0 Å². The number of ether oxygens (including phenoxy) is 2. The van der Waals surface area contributed by atoms with Crippen LogP contribution in [0.15, 0.2) is 54.6 Å². The van der Waals surface area contributed by atoms with Gasteiger partial charge in [-0.2, -0.15) is 0 Å². The molecule has 166 valence electrons. The SMILES string of the molecule is COc1cccc(-c2ccc(N3CCN(C(=O)COc4ccc(C)cc4C)CC3)nn2)c1. The first-order valence-corrected chi connectivity index (χ1v) is 10.7. The first-order valence-electron chi connectivity index (χ1n) is 10.7. The van der Waals surface area contributed by atoms with Gasteiger partial charge >= 0.3 is 0 Å². The maximum absolute atomic E-state index is 12.6. The van der Waals surface area contributed by atoms with Gasteiger partial charge in [-0.15, -0.1) is 10.2 Å². The average Bonchev–Trinajstić information content (AvgIpc) is 2.83. The molecule has 1 fully saturated rings. The predicted molar refractivity (Wildman–Crippen MR) is 124 cm³/mol. The van der Waals surface area contributed by atoms with Crippen LogP contribution in [0.25, 0.3) is 11.3 Å².